The van der Waals surface area contributed by atoms with Crippen LogP contribution in [-0.2, 0) is 31.9 Å². The molecule has 0 aliphatic heterocycles. The summed E-state index contributed by atoms with van der Waals surface area (Å²) < 4.78 is 49.9. The van der Waals surface area contributed by atoms with E-state index in [1.165, 1.54) is 51.4 Å². The Kier molecular flexibility index (Phi) is 20.4. The maximum Gasteiger partial charge on any atom is 0.333 e. The monoisotopic (exact) mass is 847 g/mol. The molecule has 2 aromatic rings. The highest BCUT2D eigenvalue weighted by atomic mass is 19.2. The van der Waals surface area contributed by atoms with E-state index >= 15 is 8.78 Å². The molecule has 9 heteroatoms. The molecule has 0 aromatic heterocycles. The van der Waals surface area contributed by atoms with Crippen LogP contribution in [-0.4, -0.2) is 55.2 Å². The van der Waals surface area contributed by atoms with Crippen LogP contribution >= 0.6 is 0 Å². The van der Waals surface area contributed by atoms with Crippen LogP contribution in [0.25, 0.3) is 16.7 Å². The highest BCUT2D eigenvalue weighted by Gasteiger charge is 2.30. The fraction of sp³-hybridized carbons (Fsp3) is 0.577. The van der Waals surface area contributed by atoms with Crippen molar-refractivity contribution >= 4 is 17.5 Å². The third kappa shape index (κ3) is 14.5. The summed E-state index contributed by atoms with van der Waals surface area (Å²) in [7, 11) is 0. The van der Waals surface area contributed by atoms with Gasteiger partial charge in [-0.1, -0.05) is 109 Å². The van der Waals surface area contributed by atoms with E-state index in [2.05, 4.69) is 39.2 Å². The maximum absolute atomic E-state index is 16.4. The average molecular weight is 847 g/mol. The Morgan fingerprint density at radius 2 is 1.34 bits per heavy atom. The Balaban J connectivity index is 1.62. The Morgan fingerprint density at radius 3 is 1.87 bits per heavy atom. The van der Waals surface area contributed by atoms with E-state index in [0.717, 1.165) is 25.2 Å². The SMILES string of the molecule is C=C(C)C(=O)OCCCc1cc(-c2ccc(C3=CCC(C4CCC(CCCCC)CC4)C=C3)c(F)c2F)cc(CCCOC(=O)C(=C)C)c1OCCC(CO)(CO)CCCC. The Labute approximate surface area is 364 Å². The normalized spacial score (nSPS) is 17.8. The van der Waals surface area contributed by atoms with Gasteiger partial charge < -0.3 is 24.4 Å². The number of allylic oxidation sites excluding steroid dienone is 4. The first-order chi connectivity index (χ1) is 29.4. The first kappa shape index (κ1) is 49.6. The van der Waals surface area contributed by atoms with Gasteiger partial charge in [0, 0.05) is 27.7 Å². The van der Waals surface area contributed by atoms with Crippen molar-refractivity contribution in [3.63, 3.8) is 0 Å². The molecule has 0 saturated heterocycles. The first-order valence-corrected chi connectivity index (χ1v) is 22.9. The zero-order valence-electron chi connectivity index (χ0n) is 37.4. The van der Waals surface area contributed by atoms with Crippen molar-refractivity contribution in [3.8, 4) is 16.9 Å². The molecule has 1 unspecified atom stereocenters. The van der Waals surface area contributed by atoms with Gasteiger partial charge in [-0.2, -0.15) is 0 Å². The van der Waals surface area contributed by atoms with Gasteiger partial charge in [0.15, 0.2) is 11.6 Å². The maximum atomic E-state index is 16.4. The number of ether oxygens (including phenoxy) is 3. The standard InChI is InChI=1S/C52H72F2O7/c1-7-9-11-14-38-17-19-39(20-18-38)40-21-23-41(24-22-40)45-25-26-46(48(54)47(45)53)44-32-42(15-12-29-60-50(57)36(3)4)49(43(33-44)16-13-30-61-51(58)37(5)6)59-31-28-52(34-55,35-56)27-10-8-2/h21,23-26,32-33,38-40,55-56H,3,5,7-20,22,27-31,34-35H2,1-2,4,6H3. The van der Waals surface area contributed by atoms with Crippen LogP contribution in [0.1, 0.15) is 141 Å². The van der Waals surface area contributed by atoms with Gasteiger partial charge in [0.05, 0.1) is 33.0 Å². The third-order valence-corrected chi connectivity index (χ3v) is 12.7. The largest absolute Gasteiger partial charge is 0.493 e. The smallest absolute Gasteiger partial charge is 0.333 e. The predicted octanol–water partition coefficient (Wildman–Crippen LogP) is 12.0. The molecule has 0 bridgehead atoms. The molecule has 61 heavy (non-hydrogen) atoms. The molecule has 0 amide bonds. The summed E-state index contributed by atoms with van der Waals surface area (Å²) in [6, 6.07) is 6.88. The van der Waals surface area contributed by atoms with Gasteiger partial charge >= 0.3 is 11.9 Å². The molecule has 0 radical (unpaired) electrons. The van der Waals surface area contributed by atoms with Crippen LogP contribution in [0.4, 0.5) is 8.78 Å². The van der Waals surface area contributed by atoms with Crippen LogP contribution in [0.3, 0.4) is 0 Å². The van der Waals surface area contributed by atoms with Crippen LogP contribution < -0.4 is 4.74 Å². The number of hydrogen-bond acceptors (Lipinski definition) is 7. The van der Waals surface area contributed by atoms with Gasteiger partial charge in [-0.05, 0) is 124 Å². The Hall–Kier alpha value is -4.08. The second-order valence-electron chi connectivity index (χ2n) is 17.7. The summed E-state index contributed by atoms with van der Waals surface area (Å²) >= 11 is 0. The van der Waals surface area contributed by atoms with Crippen molar-refractivity contribution in [2.75, 3.05) is 33.0 Å². The van der Waals surface area contributed by atoms with E-state index in [-0.39, 0.29) is 55.3 Å². The number of unbranched alkanes of at least 4 members (excludes halogenated alkanes) is 3. The zero-order valence-corrected chi connectivity index (χ0v) is 37.4. The lowest BCUT2D eigenvalue weighted by atomic mass is 9.72. The molecule has 1 saturated carbocycles. The highest BCUT2D eigenvalue weighted by Crippen LogP contribution is 2.41. The van der Waals surface area contributed by atoms with E-state index in [9.17, 15) is 19.8 Å². The molecule has 7 nitrogen and oxygen atoms in total. The second kappa shape index (κ2) is 25.1. The molecule has 0 heterocycles. The van der Waals surface area contributed by atoms with Crippen molar-refractivity contribution in [3.05, 3.63) is 95.1 Å². The van der Waals surface area contributed by atoms with Gasteiger partial charge in [-0.3, -0.25) is 0 Å². The number of carbonyl (C=O) groups is 2. The molecule has 1 atom stereocenters. The molecule has 2 aliphatic carbocycles. The summed E-state index contributed by atoms with van der Waals surface area (Å²) in [6.45, 7) is 14.8. The number of aliphatic hydroxyl groups is 2. The van der Waals surface area contributed by atoms with Gasteiger partial charge in [-0.25, -0.2) is 18.4 Å². The summed E-state index contributed by atoms with van der Waals surface area (Å²) in [6.07, 6.45) is 21.7. The Bertz CT molecular complexity index is 1780. The molecule has 4 rings (SSSR count). The van der Waals surface area contributed by atoms with Crippen molar-refractivity contribution in [1.82, 2.24) is 0 Å². The molecule has 2 aromatic carbocycles. The van der Waals surface area contributed by atoms with Crippen LogP contribution in [0.2, 0.25) is 0 Å². The topological polar surface area (TPSA) is 102 Å². The molecular weight excluding hydrogens is 775 g/mol. The molecule has 336 valence electrons. The number of aryl methyl sites for hydroxylation is 2. The van der Waals surface area contributed by atoms with Crippen molar-refractivity contribution in [2.45, 2.75) is 137 Å². The number of carbonyl (C=O) groups excluding carboxylic acids is 2. The van der Waals surface area contributed by atoms with Crippen molar-refractivity contribution in [2.24, 2.45) is 23.2 Å². The van der Waals surface area contributed by atoms with E-state index in [4.69, 9.17) is 14.2 Å². The zero-order chi connectivity index (χ0) is 44.4. The van der Waals surface area contributed by atoms with Crippen LogP contribution in [0, 0.1) is 34.8 Å². The summed E-state index contributed by atoms with van der Waals surface area (Å²) in [4.78, 5) is 24.3. The average Bonchev–Trinajstić information content (AvgIpc) is 3.26. The lowest BCUT2D eigenvalue weighted by Crippen LogP contribution is -2.32. The van der Waals surface area contributed by atoms with Gasteiger partial charge in [0.1, 0.15) is 5.75 Å². The minimum atomic E-state index is -0.946. The van der Waals surface area contributed by atoms with E-state index in [1.807, 2.05) is 6.08 Å². The van der Waals surface area contributed by atoms with E-state index in [1.54, 1.807) is 38.1 Å². The van der Waals surface area contributed by atoms with Gasteiger partial charge in [0.25, 0.3) is 0 Å². The molecule has 2 N–H and O–H groups in total. The number of halogens is 2. The number of esters is 2. The van der Waals surface area contributed by atoms with Gasteiger partial charge in [-0.15, -0.1) is 0 Å². The minimum absolute atomic E-state index is 0.103. The lowest BCUT2D eigenvalue weighted by molar-refractivity contribution is -0.139. The summed E-state index contributed by atoms with van der Waals surface area (Å²) in [5.41, 5.74) is 2.74. The predicted molar refractivity (Wildman–Crippen MR) is 241 cm³/mol. The Morgan fingerprint density at radius 1 is 0.770 bits per heavy atom. The van der Waals surface area contributed by atoms with Crippen molar-refractivity contribution in [1.29, 1.82) is 0 Å². The first-order valence-electron chi connectivity index (χ1n) is 22.9. The second-order valence-corrected chi connectivity index (χ2v) is 17.7. The molecule has 0 spiro atoms. The number of benzene rings is 2. The fourth-order valence-corrected chi connectivity index (χ4v) is 8.75. The summed E-state index contributed by atoms with van der Waals surface area (Å²) in [5, 5.41) is 20.6. The quantitative estimate of drug-likeness (QED) is 0.0552. The van der Waals surface area contributed by atoms with Crippen LogP contribution in [0.5, 0.6) is 5.75 Å². The molecular formula is C52H72F2O7. The van der Waals surface area contributed by atoms with E-state index in [0.29, 0.717) is 78.4 Å². The highest BCUT2D eigenvalue weighted by molar-refractivity contribution is 5.87. The lowest BCUT2D eigenvalue weighted by Gasteiger charge is -2.33. The summed E-state index contributed by atoms with van der Waals surface area (Å²) in [5.74, 6) is -0.429. The molecule has 1 fully saturated rings. The number of rotatable bonds is 26. The number of aliphatic hydroxyl groups excluding tert-OH is 2. The van der Waals surface area contributed by atoms with Gasteiger partial charge in [0.2, 0.25) is 0 Å². The minimum Gasteiger partial charge on any atom is -0.493 e. The van der Waals surface area contributed by atoms with Crippen molar-refractivity contribution < 1.29 is 42.8 Å². The van der Waals surface area contributed by atoms with Crippen LogP contribution in [0.15, 0.2) is 66.8 Å². The third-order valence-electron chi connectivity index (χ3n) is 12.7. The fourth-order valence-electron chi connectivity index (χ4n) is 8.75. The number of hydrogen-bond donors (Lipinski definition) is 2. The molecule has 2 aliphatic rings. The van der Waals surface area contributed by atoms with E-state index < -0.39 is 29.0 Å².